The van der Waals surface area contributed by atoms with Crippen LogP contribution in [0.5, 0.6) is 17.4 Å². The van der Waals surface area contributed by atoms with E-state index in [1.807, 2.05) is 18.2 Å². The summed E-state index contributed by atoms with van der Waals surface area (Å²) in [4.78, 5) is 16.4. The minimum Gasteiger partial charge on any atom is -0.490 e. The highest BCUT2D eigenvalue weighted by atomic mass is 32.2. The second-order valence-corrected chi connectivity index (χ2v) is 7.33. The number of carbonyl (C=O) groups excluding carboxylic acids is 1. The molecule has 0 aliphatic rings. The van der Waals surface area contributed by atoms with E-state index >= 15 is 0 Å². The fourth-order valence-electron chi connectivity index (χ4n) is 2.32. The monoisotopic (exact) mass is 414 g/mol. The fraction of sp³-hybridized carbons (Fsp3) is 0.100. The minimum absolute atomic E-state index is 0.0150. The van der Waals surface area contributed by atoms with E-state index < -0.39 is 16.0 Å². The van der Waals surface area contributed by atoms with Crippen LogP contribution in [0, 0.1) is 0 Å². The van der Waals surface area contributed by atoms with Crippen molar-refractivity contribution in [2.75, 3.05) is 13.2 Å². The molecule has 1 heterocycles. The summed E-state index contributed by atoms with van der Waals surface area (Å²) in [5, 5.41) is 5.04. The third kappa shape index (κ3) is 5.77. The number of ether oxygens (including phenoxy) is 3. The third-order valence-electron chi connectivity index (χ3n) is 3.69. The van der Waals surface area contributed by atoms with Gasteiger partial charge in [0.1, 0.15) is 30.3 Å². The number of aromatic nitrogens is 1. The molecule has 0 saturated heterocycles. The largest absolute Gasteiger partial charge is 0.490 e. The molecule has 3 rings (SSSR count). The Balaban J connectivity index is 1.54. The summed E-state index contributed by atoms with van der Waals surface area (Å²) in [6.45, 7) is 0.0606. The first-order chi connectivity index (χ1) is 13.9. The first kappa shape index (κ1) is 20.3. The molecule has 0 atom stereocenters. The van der Waals surface area contributed by atoms with Crippen LogP contribution in [0.1, 0.15) is 10.4 Å². The quantitative estimate of drug-likeness (QED) is 0.445. The molecule has 0 saturated carbocycles. The Kier molecular flexibility index (Phi) is 6.43. The number of hydrogen-bond acceptors (Lipinski definition) is 7. The first-order valence-electron chi connectivity index (χ1n) is 8.54. The molecule has 8 nitrogen and oxygen atoms in total. The maximum atomic E-state index is 12.3. The molecule has 0 spiro atoms. The summed E-state index contributed by atoms with van der Waals surface area (Å²) in [7, 11) is -3.76. The second-order valence-electron chi connectivity index (χ2n) is 5.77. The maximum absolute atomic E-state index is 12.3. The summed E-state index contributed by atoms with van der Waals surface area (Å²) < 4.78 is 38.7. The zero-order valence-electron chi connectivity index (χ0n) is 15.2. The number of primary sulfonamides is 1. The molecule has 2 aromatic carbocycles. The lowest BCUT2D eigenvalue weighted by atomic mass is 10.2. The molecule has 1 aromatic heterocycles. The van der Waals surface area contributed by atoms with Crippen LogP contribution in [-0.4, -0.2) is 32.6 Å². The number of hydrogen-bond donors (Lipinski definition) is 1. The Morgan fingerprint density at radius 1 is 0.897 bits per heavy atom. The van der Waals surface area contributed by atoms with Crippen molar-refractivity contribution in [3.05, 3.63) is 78.5 Å². The zero-order valence-corrected chi connectivity index (χ0v) is 16.0. The normalized spacial score (nSPS) is 10.9. The van der Waals surface area contributed by atoms with E-state index in [1.165, 1.54) is 30.5 Å². The number of para-hydroxylation sites is 1. The number of nitrogens with two attached hydrogens (primary N) is 1. The fourth-order valence-corrected chi connectivity index (χ4v) is 2.84. The predicted octanol–water partition coefficient (Wildman–Crippen LogP) is 2.76. The summed E-state index contributed by atoms with van der Waals surface area (Å²) in [5.74, 6) is 0.509. The van der Waals surface area contributed by atoms with E-state index in [1.54, 1.807) is 24.3 Å². The second kappa shape index (κ2) is 9.18. The maximum Gasteiger partial charge on any atom is 0.343 e. The highest BCUT2D eigenvalue weighted by Gasteiger charge is 2.16. The standard InChI is InChI=1S/C20H18N2O6S/c21-29(24,25)17-10-8-15(9-11-17)26-13-14-27-20(23)18-7-4-12-22-19(18)28-16-5-2-1-3-6-16/h1-12H,13-14H2,(H2,21,24,25). The van der Waals surface area contributed by atoms with Crippen LogP contribution in [0.4, 0.5) is 0 Å². The van der Waals surface area contributed by atoms with Crippen LogP contribution < -0.4 is 14.6 Å². The van der Waals surface area contributed by atoms with Crippen LogP contribution in [0.15, 0.2) is 77.8 Å². The number of sulfonamides is 1. The molecule has 0 aliphatic carbocycles. The van der Waals surface area contributed by atoms with Gasteiger partial charge in [-0.2, -0.15) is 0 Å². The van der Waals surface area contributed by atoms with Crippen molar-refractivity contribution in [2.45, 2.75) is 4.90 Å². The van der Waals surface area contributed by atoms with Crippen molar-refractivity contribution in [3.63, 3.8) is 0 Å². The number of nitrogens with zero attached hydrogens (tertiary/aromatic N) is 1. The van der Waals surface area contributed by atoms with Gasteiger partial charge in [-0.05, 0) is 48.5 Å². The molecule has 0 unspecified atom stereocenters. The van der Waals surface area contributed by atoms with Crippen molar-refractivity contribution < 1.29 is 27.4 Å². The first-order valence-corrected chi connectivity index (χ1v) is 10.1. The molecule has 9 heteroatoms. The summed E-state index contributed by atoms with van der Waals surface area (Å²) in [6, 6.07) is 17.7. The molecule has 29 heavy (non-hydrogen) atoms. The smallest absolute Gasteiger partial charge is 0.343 e. The van der Waals surface area contributed by atoms with Crippen molar-refractivity contribution in [1.29, 1.82) is 0 Å². The van der Waals surface area contributed by atoms with Gasteiger partial charge >= 0.3 is 5.97 Å². The van der Waals surface area contributed by atoms with Gasteiger partial charge in [0.2, 0.25) is 15.9 Å². The van der Waals surface area contributed by atoms with Gasteiger partial charge in [0.25, 0.3) is 0 Å². The van der Waals surface area contributed by atoms with Gasteiger partial charge in [0.15, 0.2) is 0 Å². The van der Waals surface area contributed by atoms with Gasteiger partial charge in [-0.1, -0.05) is 18.2 Å². The molecule has 0 aliphatic heterocycles. The molecule has 2 N–H and O–H groups in total. The highest BCUT2D eigenvalue weighted by Crippen LogP contribution is 2.23. The van der Waals surface area contributed by atoms with Gasteiger partial charge in [0, 0.05) is 6.20 Å². The van der Waals surface area contributed by atoms with Crippen LogP contribution in [0.25, 0.3) is 0 Å². The summed E-state index contributed by atoms with van der Waals surface area (Å²) in [5.41, 5.74) is 0.189. The average Bonchev–Trinajstić information content (AvgIpc) is 2.72. The van der Waals surface area contributed by atoms with Crippen molar-refractivity contribution in [3.8, 4) is 17.4 Å². The Bertz CT molecular complexity index is 1070. The highest BCUT2D eigenvalue weighted by molar-refractivity contribution is 7.89. The number of carbonyl (C=O) groups is 1. The predicted molar refractivity (Wildman–Crippen MR) is 104 cm³/mol. The van der Waals surface area contributed by atoms with Crippen LogP contribution >= 0.6 is 0 Å². The number of pyridine rings is 1. The van der Waals surface area contributed by atoms with Crippen molar-refractivity contribution in [2.24, 2.45) is 5.14 Å². The van der Waals surface area contributed by atoms with Crippen molar-refractivity contribution >= 4 is 16.0 Å². The molecule has 0 radical (unpaired) electrons. The van der Waals surface area contributed by atoms with E-state index in [2.05, 4.69) is 4.98 Å². The Morgan fingerprint density at radius 2 is 1.62 bits per heavy atom. The SMILES string of the molecule is NS(=O)(=O)c1ccc(OCCOC(=O)c2cccnc2Oc2ccccc2)cc1. The zero-order chi connectivity index (χ0) is 20.7. The van der Waals surface area contributed by atoms with Crippen LogP contribution in [0.2, 0.25) is 0 Å². The van der Waals surface area contributed by atoms with Gasteiger partial charge in [-0.25, -0.2) is 23.3 Å². The van der Waals surface area contributed by atoms with E-state index in [4.69, 9.17) is 19.3 Å². The molecular weight excluding hydrogens is 396 g/mol. The Morgan fingerprint density at radius 3 is 2.31 bits per heavy atom. The van der Waals surface area contributed by atoms with Gasteiger partial charge in [-0.15, -0.1) is 0 Å². The minimum atomic E-state index is -3.76. The molecule has 3 aromatic rings. The van der Waals surface area contributed by atoms with Gasteiger partial charge < -0.3 is 14.2 Å². The van der Waals surface area contributed by atoms with Gasteiger partial charge in [0.05, 0.1) is 4.90 Å². The third-order valence-corrected chi connectivity index (χ3v) is 4.62. The average molecular weight is 414 g/mol. The molecule has 0 fully saturated rings. The number of rotatable bonds is 8. The molecular formula is C20H18N2O6S. The topological polar surface area (TPSA) is 118 Å². The molecule has 0 bridgehead atoms. The van der Waals surface area contributed by atoms with E-state index in [0.29, 0.717) is 11.5 Å². The Labute approximate surface area is 167 Å². The molecule has 0 amide bonds. The lowest BCUT2D eigenvalue weighted by Crippen LogP contribution is -2.14. The van der Waals surface area contributed by atoms with Crippen molar-refractivity contribution in [1.82, 2.24) is 4.98 Å². The Hall–Kier alpha value is -3.43. The van der Waals surface area contributed by atoms with E-state index in [9.17, 15) is 13.2 Å². The van der Waals surface area contributed by atoms with E-state index in [-0.39, 0.29) is 29.6 Å². The lowest BCUT2D eigenvalue weighted by molar-refractivity contribution is 0.0447. The summed E-state index contributed by atoms with van der Waals surface area (Å²) in [6.07, 6.45) is 1.52. The van der Waals surface area contributed by atoms with E-state index in [0.717, 1.165) is 0 Å². The number of esters is 1. The lowest BCUT2D eigenvalue weighted by Gasteiger charge is -2.10. The summed E-state index contributed by atoms with van der Waals surface area (Å²) >= 11 is 0. The van der Waals surface area contributed by atoms with Crippen LogP contribution in [-0.2, 0) is 14.8 Å². The number of benzene rings is 2. The van der Waals surface area contributed by atoms with Gasteiger partial charge in [-0.3, -0.25) is 0 Å². The van der Waals surface area contributed by atoms with Crippen LogP contribution in [0.3, 0.4) is 0 Å². The molecule has 150 valence electrons.